The van der Waals surface area contributed by atoms with Crippen molar-refractivity contribution in [3.63, 3.8) is 0 Å². The number of hydrogen-bond acceptors (Lipinski definition) is 1. The zero-order valence-corrected chi connectivity index (χ0v) is 20.9. The molecule has 4 aliphatic carbocycles. The van der Waals surface area contributed by atoms with E-state index in [1.807, 2.05) is 5.57 Å². The van der Waals surface area contributed by atoms with Gasteiger partial charge in [0.05, 0.1) is 6.10 Å². The molecule has 3 saturated carbocycles. The van der Waals surface area contributed by atoms with E-state index in [2.05, 4.69) is 54.5 Å². The molecule has 30 heavy (non-hydrogen) atoms. The van der Waals surface area contributed by atoms with Crippen LogP contribution in [-0.2, 0) is 0 Å². The lowest BCUT2D eigenvalue weighted by Crippen LogP contribution is -2.49. The summed E-state index contributed by atoms with van der Waals surface area (Å²) < 4.78 is 0. The van der Waals surface area contributed by atoms with E-state index in [0.29, 0.717) is 10.8 Å². The molecule has 0 spiro atoms. The molecule has 170 valence electrons. The quantitative estimate of drug-likeness (QED) is 0.464. The van der Waals surface area contributed by atoms with Gasteiger partial charge in [-0.25, -0.2) is 0 Å². The highest BCUT2D eigenvalue weighted by atomic mass is 16.3. The first-order chi connectivity index (χ1) is 14.1. The molecule has 1 heteroatoms. The van der Waals surface area contributed by atoms with Gasteiger partial charge in [0, 0.05) is 0 Å². The minimum atomic E-state index is -0.0892. The summed E-state index contributed by atoms with van der Waals surface area (Å²) in [6.45, 7) is 17.4. The molecule has 3 fully saturated rings. The van der Waals surface area contributed by atoms with Crippen LogP contribution in [0.15, 0.2) is 22.8 Å². The van der Waals surface area contributed by atoms with E-state index in [-0.39, 0.29) is 6.10 Å². The van der Waals surface area contributed by atoms with E-state index in [1.165, 1.54) is 44.9 Å². The van der Waals surface area contributed by atoms with Crippen LogP contribution in [0.5, 0.6) is 0 Å². The highest BCUT2D eigenvalue weighted by Crippen LogP contribution is 2.66. The van der Waals surface area contributed by atoms with Crippen molar-refractivity contribution in [2.75, 3.05) is 0 Å². The number of hydrogen-bond donors (Lipinski definition) is 1. The molecule has 0 bridgehead atoms. The molecular weight excluding hydrogens is 364 g/mol. The molecule has 0 aromatic rings. The van der Waals surface area contributed by atoms with E-state index in [4.69, 9.17) is 0 Å². The van der Waals surface area contributed by atoms with Crippen molar-refractivity contribution in [2.24, 2.45) is 46.3 Å². The summed E-state index contributed by atoms with van der Waals surface area (Å²) in [5.41, 5.74) is 6.01. The van der Waals surface area contributed by atoms with Crippen molar-refractivity contribution < 1.29 is 5.11 Å². The Bertz CT molecular complexity index is 714. The zero-order chi connectivity index (χ0) is 21.8. The van der Waals surface area contributed by atoms with Crippen LogP contribution < -0.4 is 0 Å². The van der Waals surface area contributed by atoms with Gasteiger partial charge in [-0.15, -0.1) is 0 Å². The van der Waals surface area contributed by atoms with Gasteiger partial charge in [-0.3, -0.25) is 0 Å². The van der Waals surface area contributed by atoms with Crippen LogP contribution in [-0.4, -0.2) is 11.2 Å². The van der Waals surface area contributed by atoms with Crippen molar-refractivity contribution >= 4 is 0 Å². The average molecular weight is 413 g/mol. The van der Waals surface area contributed by atoms with Gasteiger partial charge in [0.15, 0.2) is 0 Å². The van der Waals surface area contributed by atoms with E-state index in [0.717, 1.165) is 48.3 Å². The second-order valence-corrected chi connectivity index (χ2v) is 12.7. The largest absolute Gasteiger partial charge is 0.393 e. The molecule has 4 rings (SSSR count). The Kier molecular flexibility index (Phi) is 6.10. The standard InChI is InChI=1S/C29H48O/c1-18(2)21(5)19(3)16-20(4)25-10-11-26-24-9-8-22-17-23(30)12-14-28(22,6)27(24)13-15-29(25,26)7/h8,18-19,21,23-24,26-27,30H,9-17H2,1-7H3/t19?,21?,23-,24-,26-,27-,28-,29+/m0/s1. The Balaban J connectivity index is 1.57. The van der Waals surface area contributed by atoms with Crippen LogP contribution in [0.4, 0.5) is 0 Å². The molecule has 1 nitrogen and oxygen atoms in total. The van der Waals surface area contributed by atoms with Gasteiger partial charge in [0.1, 0.15) is 0 Å². The monoisotopic (exact) mass is 412 g/mol. The summed E-state index contributed by atoms with van der Waals surface area (Å²) in [5, 5.41) is 10.2. The molecule has 0 heterocycles. The Morgan fingerprint density at radius 2 is 1.70 bits per heavy atom. The maximum atomic E-state index is 10.2. The number of aliphatic hydroxyl groups excluding tert-OH is 1. The molecule has 8 atom stereocenters. The smallest absolute Gasteiger partial charge is 0.0577 e. The molecule has 0 aromatic heterocycles. The summed E-state index contributed by atoms with van der Waals surface area (Å²) in [7, 11) is 0. The van der Waals surface area contributed by atoms with Gasteiger partial charge < -0.3 is 5.11 Å². The summed E-state index contributed by atoms with van der Waals surface area (Å²) >= 11 is 0. The summed E-state index contributed by atoms with van der Waals surface area (Å²) in [4.78, 5) is 0. The first-order valence-electron chi connectivity index (χ1n) is 13.1. The maximum Gasteiger partial charge on any atom is 0.0577 e. The lowest BCUT2D eigenvalue weighted by molar-refractivity contribution is -0.0270. The minimum Gasteiger partial charge on any atom is -0.393 e. The molecule has 0 amide bonds. The lowest BCUT2D eigenvalue weighted by Gasteiger charge is -2.57. The Morgan fingerprint density at radius 3 is 2.40 bits per heavy atom. The third-order valence-electron chi connectivity index (χ3n) is 11.0. The fourth-order valence-electron chi connectivity index (χ4n) is 8.60. The van der Waals surface area contributed by atoms with Crippen molar-refractivity contribution in [1.82, 2.24) is 0 Å². The van der Waals surface area contributed by atoms with E-state index < -0.39 is 0 Å². The van der Waals surface area contributed by atoms with Crippen LogP contribution in [0.1, 0.15) is 106 Å². The SMILES string of the molecule is CC(CC(C)C(C)C(C)C)=C1CC[C@H]2[C@@H]3CC=C4C[C@@H](O)CC[C@]4(C)[C@H]3CC[C@]12C. The van der Waals surface area contributed by atoms with E-state index >= 15 is 0 Å². The van der Waals surface area contributed by atoms with Crippen LogP contribution in [0.25, 0.3) is 0 Å². The Morgan fingerprint density at radius 1 is 1.03 bits per heavy atom. The molecule has 0 radical (unpaired) electrons. The lowest BCUT2D eigenvalue weighted by atomic mass is 9.47. The predicted octanol–water partition coefficient (Wildman–Crippen LogP) is 7.94. The molecule has 4 aliphatic rings. The Labute approximate surface area is 186 Å². The van der Waals surface area contributed by atoms with Crippen LogP contribution in [0.2, 0.25) is 0 Å². The van der Waals surface area contributed by atoms with Crippen molar-refractivity contribution in [3.8, 4) is 0 Å². The van der Waals surface area contributed by atoms with Gasteiger partial charge >= 0.3 is 0 Å². The molecule has 0 aliphatic heterocycles. The summed E-state index contributed by atoms with van der Waals surface area (Å²) in [5.74, 6) is 4.94. The first kappa shape index (κ1) is 22.6. The molecule has 1 N–H and O–H groups in total. The van der Waals surface area contributed by atoms with Crippen molar-refractivity contribution in [2.45, 2.75) is 112 Å². The zero-order valence-electron chi connectivity index (χ0n) is 20.9. The molecule has 0 saturated heterocycles. The number of aliphatic hydroxyl groups is 1. The molecule has 2 unspecified atom stereocenters. The van der Waals surface area contributed by atoms with Gasteiger partial charge in [0.25, 0.3) is 0 Å². The minimum absolute atomic E-state index is 0.0892. The Hall–Kier alpha value is -0.560. The normalized spacial score (nSPS) is 44.6. The summed E-state index contributed by atoms with van der Waals surface area (Å²) in [6.07, 6.45) is 13.8. The first-order valence-corrected chi connectivity index (χ1v) is 13.1. The maximum absolute atomic E-state index is 10.2. The fourth-order valence-corrected chi connectivity index (χ4v) is 8.60. The highest BCUT2D eigenvalue weighted by molar-refractivity contribution is 5.31. The average Bonchev–Trinajstić information content (AvgIpc) is 3.05. The molecule has 0 aromatic carbocycles. The number of allylic oxidation sites excluding steroid dienone is 3. The van der Waals surface area contributed by atoms with E-state index in [9.17, 15) is 5.11 Å². The highest BCUT2D eigenvalue weighted by Gasteiger charge is 2.57. The van der Waals surface area contributed by atoms with Crippen LogP contribution >= 0.6 is 0 Å². The third-order valence-corrected chi connectivity index (χ3v) is 11.0. The van der Waals surface area contributed by atoms with Crippen LogP contribution in [0.3, 0.4) is 0 Å². The van der Waals surface area contributed by atoms with Crippen molar-refractivity contribution in [3.05, 3.63) is 22.8 Å². The summed E-state index contributed by atoms with van der Waals surface area (Å²) in [6, 6.07) is 0. The predicted molar refractivity (Wildman–Crippen MR) is 128 cm³/mol. The second-order valence-electron chi connectivity index (χ2n) is 12.7. The number of rotatable bonds is 4. The second kappa shape index (κ2) is 8.09. The topological polar surface area (TPSA) is 20.2 Å². The van der Waals surface area contributed by atoms with Gasteiger partial charge in [-0.2, -0.15) is 0 Å². The van der Waals surface area contributed by atoms with Crippen LogP contribution in [0, 0.1) is 46.3 Å². The van der Waals surface area contributed by atoms with Crippen molar-refractivity contribution in [1.29, 1.82) is 0 Å². The molecular formula is C29H48O. The van der Waals surface area contributed by atoms with Gasteiger partial charge in [-0.05, 0) is 111 Å². The van der Waals surface area contributed by atoms with Gasteiger partial charge in [-0.1, -0.05) is 64.3 Å². The number of fused-ring (bicyclic) bond motifs is 5. The van der Waals surface area contributed by atoms with Gasteiger partial charge in [0.2, 0.25) is 0 Å². The third kappa shape index (κ3) is 3.56. The van der Waals surface area contributed by atoms with E-state index in [1.54, 1.807) is 11.1 Å². The fraction of sp³-hybridized carbons (Fsp3) is 0.862.